The van der Waals surface area contributed by atoms with Crippen LogP contribution in [0.4, 0.5) is 11.6 Å². The lowest BCUT2D eigenvalue weighted by molar-refractivity contribution is 0.835. The maximum absolute atomic E-state index is 5.49. The maximum Gasteiger partial charge on any atom is 0.149 e. The van der Waals surface area contributed by atoms with Gasteiger partial charge in [-0.15, -0.1) is 0 Å². The van der Waals surface area contributed by atoms with E-state index in [9.17, 15) is 0 Å². The summed E-state index contributed by atoms with van der Waals surface area (Å²) in [4.78, 5) is 10.1. The molecule has 1 aromatic heterocycles. The fourth-order valence-electron chi connectivity index (χ4n) is 1.00. The van der Waals surface area contributed by atoms with Gasteiger partial charge in [0.25, 0.3) is 0 Å². The summed E-state index contributed by atoms with van der Waals surface area (Å²) in [6.07, 6.45) is 4.35. The lowest BCUT2D eigenvalue weighted by Crippen LogP contribution is -2.19. The summed E-state index contributed by atoms with van der Waals surface area (Å²) in [5.74, 6) is 1.30. The molecule has 0 saturated heterocycles. The molecule has 0 aliphatic carbocycles. The smallest absolute Gasteiger partial charge is 0.149 e. The van der Waals surface area contributed by atoms with Gasteiger partial charge in [0.15, 0.2) is 0 Å². The van der Waals surface area contributed by atoms with Gasteiger partial charge in [0.2, 0.25) is 0 Å². The van der Waals surface area contributed by atoms with Gasteiger partial charge < -0.3 is 10.6 Å². The Labute approximate surface area is 72.4 Å². The molecular weight excluding hydrogens is 152 g/mol. The van der Waals surface area contributed by atoms with Crippen molar-refractivity contribution in [3.8, 4) is 0 Å². The van der Waals surface area contributed by atoms with Crippen molar-refractivity contribution in [3.05, 3.63) is 12.4 Å². The first-order valence-corrected chi connectivity index (χ1v) is 4.02. The molecule has 4 nitrogen and oxygen atoms in total. The molecule has 4 heteroatoms. The Kier molecular flexibility index (Phi) is 2.85. The zero-order chi connectivity index (χ0) is 8.97. The summed E-state index contributed by atoms with van der Waals surface area (Å²) in [5, 5.41) is 0. The first-order valence-electron chi connectivity index (χ1n) is 4.02. The molecule has 0 radical (unpaired) electrons. The molecule has 0 aliphatic heterocycles. The summed E-state index contributed by atoms with van der Waals surface area (Å²) < 4.78 is 0. The molecule has 0 bridgehead atoms. The van der Waals surface area contributed by atoms with Gasteiger partial charge in [-0.2, -0.15) is 0 Å². The second-order valence-corrected chi connectivity index (χ2v) is 2.72. The summed E-state index contributed by atoms with van der Waals surface area (Å²) in [6.45, 7) is 3.09. The van der Waals surface area contributed by atoms with Gasteiger partial charge in [-0.3, -0.25) is 4.98 Å². The molecule has 66 valence electrons. The fraction of sp³-hybridized carbons (Fsp3) is 0.500. The van der Waals surface area contributed by atoms with Gasteiger partial charge in [-0.25, -0.2) is 4.98 Å². The molecular formula is C8H14N4. The molecule has 1 rings (SSSR count). The normalized spacial score (nSPS) is 9.83. The van der Waals surface area contributed by atoms with Gasteiger partial charge in [-0.05, 0) is 6.42 Å². The summed E-state index contributed by atoms with van der Waals surface area (Å²) in [6, 6.07) is 0. The van der Waals surface area contributed by atoms with E-state index in [2.05, 4.69) is 16.9 Å². The fourth-order valence-corrected chi connectivity index (χ4v) is 1.00. The highest BCUT2D eigenvalue weighted by Gasteiger charge is 2.00. The highest BCUT2D eigenvalue weighted by atomic mass is 15.2. The van der Waals surface area contributed by atoms with Crippen molar-refractivity contribution in [1.29, 1.82) is 0 Å². The minimum atomic E-state index is 0.468. The molecule has 0 saturated carbocycles. The van der Waals surface area contributed by atoms with Crippen molar-refractivity contribution in [2.24, 2.45) is 0 Å². The molecule has 0 aliphatic rings. The Morgan fingerprint density at radius 1 is 1.50 bits per heavy atom. The molecule has 0 aromatic carbocycles. The number of nitrogens with two attached hydrogens (primary N) is 1. The molecule has 1 aromatic rings. The van der Waals surface area contributed by atoms with Crippen LogP contribution < -0.4 is 10.6 Å². The highest BCUT2D eigenvalue weighted by molar-refractivity contribution is 5.40. The van der Waals surface area contributed by atoms with Crippen LogP contribution in [-0.2, 0) is 0 Å². The highest BCUT2D eigenvalue weighted by Crippen LogP contribution is 2.08. The molecule has 0 fully saturated rings. The zero-order valence-electron chi connectivity index (χ0n) is 7.49. The first kappa shape index (κ1) is 8.77. The van der Waals surface area contributed by atoms with Crippen molar-refractivity contribution in [2.45, 2.75) is 13.3 Å². The van der Waals surface area contributed by atoms with E-state index in [0.29, 0.717) is 5.82 Å². The number of aromatic nitrogens is 2. The minimum absolute atomic E-state index is 0.468. The Morgan fingerprint density at radius 2 is 2.25 bits per heavy atom. The van der Waals surface area contributed by atoms with Crippen LogP contribution in [0.3, 0.4) is 0 Å². The van der Waals surface area contributed by atoms with Gasteiger partial charge in [-0.1, -0.05) is 6.92 Å². The Bertz CT molecular complexity index is 249. The van der Waals surface area contributed by atoms with Crippen LogP contribution in [0.5, 0.6) is 0 Å². The lowest BCUT2D eigenvalue weighted by atomic mass is 10.4. The molecule has 0 atom stereocenters. The number of nitrogen functional groups attached to an aromatic ring is 1. The Balaban J connectivity index is 2.73. The van der Waals surface area contributed by atoms with E-state index in [1.54, 1.807) is 12.4 Å². The van der Waals surface area contributed by atoms with Crippen molar-refractivity contribution >= 4 is 11.6 Å². The Morgan fingerprint density at radius 3 is 2.83 bits per heavy atom. The SMILES string of the molecule is CCCN(C)c1cncc(N)n1. The van der Waals surface area contributed by atoms with Gasteiger partial charge >= 0.3 is 0 Å². The third-order valence-electron chi connectivity index (χ3n) is 1.59. The van der Waals surface area contributed by atoms with Crippen molar-refractivity contribution in [2.75, 3.05) is 24.2 Å². The van der Waals surface area contributed by atoms with E-state index in [-0.39, 0.29) is 0 Å². The number of rotatable bonds is 3. The third kappa shape index (κ3) is 2.08. The van der Waals surface area contributed by atoms with Crippen LogP contribution in [0.2, 0.25) is 0 Å². The van der Waals surface area contributed by atoms with Crippen LogP contribution in [0.15, 0.2) is 12.4 Å². The topological polar surface area (TPSA) is 55.0 Å². The largest absolute Gasteiger partial charge is 0.382 e. The average molecular weight is 166 g/mol. The van der Waals surface area contributed by atoms with E-state index in [1.165, 1.54) is 0 Å². The molecule has 1 heterocycles. The standard InChI is InChI=1S/C8H14N4/c1-3-4-12(2)8-6-10-5-7(9)11-8/h5-6H,3-4H2,1-2H3,(H2,9,11). The van der Waals surface area contributed by atoms with E-state index in [4.69, 9.17) is 5.73 Å². The van der Waals surface area contributed by atoms with Crippen molar-refractivity contribution in [1.82, 2.24) is 9.97 Å². The number of hydrogen-bond acceptors (Lipinski definition) is 4. The van der Waals surface area contributed by atoms with E-state index < -0.39 is 0 Å². The predicted molar refractivity (Wildman–Crippen MR) is 50.0 cm³/mol. The summed E-state index contributed by atoms with van der Waals surface area (Å²) in [7, 11) is 1.98. The third-order valence-corrected chi connectivity index (χ3v) is 1.59. The van der Waals surface area contributed by atoms with E-state index in [1.807, 2.05) is 11.9 Å². The predicted octanol–water partition coefficient (Wildman–Crippen LogP) is 0.905. The Hall–Kier alpha value is -1.32. The van der Waals surface area contributed by atoms with Gasteiger partial charge in [0, 0.05) is 13.6 Å². The zero-order valence-corrected chi connectivity index (χ0v) is 7.49. The second kappa shape index (κ2) is 3.90. The number of anilines is 2. The van der Waals surface area contributed by atoms with E-state index in [0.717, 1.165) is 18.8 Å². The monoisotopic (exact) mass is 166 g/mol. The van der Waals surface area contributed by atoms with Crippen LogP contribution >= 0.6 is 0 Å². The van der Waals surface area contributed by atoms with Crippen LogP contribution in [0.1, 0.15) is 13.3 Å². The van der Waals surface area contributed by atoms with Crippen LogP contribution in [-0.4, -0.2) is 23.6 Å². The minimum Gasteiger partial charge on any atom is -0.382 e. The van der Waals surface area contributed by atoms with E-state index >= 15 is 0 Å². The van der Waals surface area contributed by atoms with Gasteiger partial charge in [0.1, 0.15) is 11.6 Å². The molecule has 0 amide bonds. The first-order chi connectivity index (χ1) is 5.74. The van der Waals surface area contributed by atoms with Crippen LogP contribution in [0.25, 0.3) is 0 Å². The molecule has 0 spiro atoms. The summed E-state index contributed by atoms with van der Waals surface area (Å²) >= 11 is 0. The number of nitrogens with zero attached hydrogens (tertiary/aromatic N) is 3. The molecule has 2 N–H and O–H groups in total. The van der Waals surface area contributed by atoms with Crippen molar-refractivity contribution in [3.63, 3.8) is 0 Å². The lowest BCUT2D eigenvalue weighted by Gasteiger charge is -2.16. The second-order valence-electron chi connectivity index (χ2n) is 2.72. The van der Waals surface area contributed by atoms with Crippen molar-refractivity contribution < 1.29 is 0 Å². The average Bonchev–Trinajstić information content (AvgIpc) is 2.05. The van der Waals surface area contributed by atoms with Crippen LogP contribution in [0, 0.1) is 0 Å². The summed E-state index contributed by atoms with van der Waals surface area (Å²) in [5.41, 5.74) is 5.49. The molecule has 0 unspecified atom stereocenters. The maximum atomic E-state index is 5.49. The van der Waals surface area contributed by atoms with Gasteiger partial charge in [0.05, 0.1) is 12.4 Å². The molecule has 12 heavy (non-hydrogen) atoms. The quantitative estimate of drug-likeness (QED) is 0.725. The number of hydrogen-bond donors (Lipinski definition) is 1.